The van der Waals surface area contributed by atoms with Gasteiger partial charge in [0.25, 0.3) is 0 Å². The van der Waals surface area contributed by atoms with Crippen molar-refractivity contribution in [3.8, 4) is 17.6 Å². The molecule has 0 saturated carbocycles. The molecule has 96 valence electrons. The van der Waals surface area contributed by atoms with Gasteiger partial charge in [0.1, 0.15) is 17.6 Å². The number of methoxy groups -OCH3 is 1. The average molecular weight is 470 g/mol. The highest BCUT2D eigenvalue weighted by molar-refractivity contribution is 14.1. The number of benzene rings is 1. The third kappa shape index (κ3) is 4.20. The lowest BCUT2D eigenvalue weighted by molar-refractivity contribution is 0.403. The molecule has 4 nitrogen and oxygen atoms in total. The quantitative estimate of drug-likeness (QED) is 0.386. The van der Waals surface area contributed by atoms with Crippen LogP contribution in [0.4, 0.5) is 0 Å². The summed E-state index contributed by atoms with van der Waals surface area (Å²) in [4.78, 5) is 1.76. The molecule has 0 spiro atoms. The standard InChI is InChI=1S/C12H12I2N2O2/c1-16(2)7-8(6-15)18-12-5-9(13)11(17-3)4-10(12)14/h4-5,7H,1-3H3. The van der Waals surface area contributed by atoms with E-state index in [2.05, 4.69) is 45.2 Å². The van der Waals surface area contributed by atoms with E-state index in [9.17, 15) is 0 Å². The highest BCUT2D eigenvalue weighted by atomic mass is 127. The number of halogens is 2. The van der Waals surface area contributed by atoms with E-state index >= 15 is 0 Å². The molecule has 0 aliphatic heterocycles. The third-order valence-corrected chi connectivity index (χ3v) is 3.60. The smallest absolute Gasteiger partial charge is 0.219 e. The van der Waals surface area contributed by atoms with Crippen LogP contribution in [0.1, 0.15) is 0 Å². The lowest BCUT2D eigenvalue weighted by Crippen LogP contribution is -2.06. The van der Waals surface area contributed by atoms with Gasteiger partial charge in [-0.2, -0.15) is 5.26 Å². The molecule has 0 heterocycles. The van der Waals surface area contributed by atoms with Gasteiger partial charge in [-0.1, -0.05) is 0 Å². The Kier molecular flexibility index (Phi) is 6.01. The van der Waals surface area contributed by atoms with Crippen molar-refractivity contribution in [1.29, 1.82) is 5.26 Å². The van der Waals surface area contributed by atoms with Crippen molar-refractivity contribution < 1.29 is 9.47 Å². The summed E-state index contributed by atoms with van der Waals surface area (Å²) in [5.74, 6) is 1.69. The van der Waals surface area contributed by atoms with E-state index in [1.807, 2.05) is 32.3 Å². The largest absolute Gasteiger partial charge is 0.496 e. The minimum atomic E-state index is 0.249. The van der Waals surface area contributed by atoms with Crippen LogP contribution in [0, 0.1) is 18.5 Å². The van der Waals surface area contributed by atoms with Crippen molar-refractivity contribution in [2.45, 2.75) is 0 Å². The molecule has 0 fully saturated rings. The van der Waals surface area contributed by atoms with Crippen LogP contribution in [0.2, 0.25) is 0 Å². The summed E-state index contributed by atoms with van der Waals surface area (Å²) in [5, 5.41) is 9.00. The van der Waals surface area contributed by atoms with Crippen LogP contribution < -0.4 is 9.47 Å². The summed E-state index contributed by atoms with van der Waals surface area (Å²) in [6.45, 7) is 0. The molecule has 18 heavy (non-hydrogen) atoms. The van der Waals surface area contributed by atoms with Gasteiger partial charge in [0.15, 0.2) is 0 Å². The first-order valence-corrected chi connectivity index (χ1v) is 7.13. The first kappa shape index (κ1) is 15.4. The van der Waals surface area contributed by atoms with Gasteiger partial charge in [0.2, 0.25) is 5.76 Å². The molecule has 0 radical (unpaired) electrons. The molecular weight excluding hydrogens is 458 g/mol. The molecule has 0 saturated heterocycles. The van der Waals surface area contributed by atoms with Crippen LogP contribution >= 0.6 is 45.2 Å². The lowest BCUT2D eigenvalue weighted by atomic mass is 10.3. The van der Waals surface area contributed by atoms with Crippen LogP contribution in [-0.2, 0) is 0 Å². The van der Waals surface area contributed by atoms with E-state index in [1.54, 1.807) is 18.2 Å². The summed E-state index contributed by atoms with van der Waals surface area (Å²) in [5.41, 5.74) is 0. The fourth-order valence-electron chi connectivity index (χ4n) is 1.18. The molecule has 0 N–H and O–H groups in total. The fraction of sp³-hybridized carbons (Fsp3) is 0.250. The number of hydrogen-bond acceptors (Lipinski definition) is 4. The Labute approximate surface area is 134 Å². The molecule has 6 heteroatoms. The second-order valence-electron chi connectivity index (χ2n) is 3.59. The van der Waals surface area contributed by atoms with Crippen LogP contribution in [0.3, 0.4) is 0 Å². The van der Waals surface area contributed by atoms with Gasteiger partial charge in [0.05, 0.1) is 20.5 Å². The lowest BCUT2D eigenvalue weighted by Gasteiger charge is -2.11. The van der Waals surface area contributed by atoms with Crippen LogP contribution in [-0.4, -0.2) is 26.1 Å². The number of nitrogens with zero attached hydrogens (tertiary/aromatic N) is 2. The maximum Gasteiger partial charge on any atom is 0.219 e. The second-order valence-corrected chi connectivity index (χ2v) is 5.91. The minimum Gasteiger partial charge on any atom is -0.496 e. The van der Waals surface area contributed by atoms with E-state index < -0.39 is 0 Å². The monoisotopic (exact) mass is 470 g/mol. The maximum atomic E-state index is 9.00. The summed E-state index contributed by atoms with van der Waals surface area (Å²) < 4.78 is 12.6. The van der Waals surface area contributed by atoms with Crippen molar-refractivity contribution in [2.75, 3.05) is 21.2 Å². The second kappa shape index (κ2) is 7.04. The van der Waals surface area contributed by atoms with Crippen molar-refractivity contribution in [3.63, 3.8) is 0 Å². The van der Waals surface area contributed by atoms with Gasteiger partial charge in [-0.25, -0.2) is 0 Å². The van der Waals surface area contributed by atoms with Gasteiger partial charge >= 0.3 is 0 Å². The molecule has 0 bridgehead atoms. The first-order valence-electron chi connectivity index (χ1n) is 4.97. The Morgan fingerprint density at radius 1 is 1.28 bits per heavy atom. The maximum absolute atomic E-state index is 9.00. The molecule has 1 aromatic carbocycles. The summed E-state index contributed by atoms with van der Waals surface area (Å²) in [6, 6.07) is 5.74. The van der Waals surface area contributed by atoms with Crippen molar-refractivity contribution in [1.82, 2.24) is 4.90 Å². The van der Waals surface area contributed by atoms with Gasteiger partial charge in [-0.15, -0.1) is 0 Å². The molecule has 0 aromatic heterocycles. The van der Waals surface area contributed by atoms with Crippen molar-refractivity contribution in [3.05, 3.63) is 31.2 Å². The topological polar surface area (TPSA) is 45.5 Å². The molecule has 0 unspecified atom stereocenters. The minimum absolute atomic E-state index is 0.249. The van der Waals surface area contributed by atoms with E-state index in [1.165, 1.54) is 0 Å². The van der Waals surface area contributed by atoms with E-state index in [-0.39, 0.29) is 5.76 Å². The molecular formula is C12H12I2N2O2. The normalized spacial score (nSPS) is 10.8. The predicted molar refractivity (Wildman–Crippen MR) is 86.4 cm³/mol. The summed E-state index contributed by atoms with van der Waals surface area (Å²) >= 11 is 4.32. The predicted octanol–water partition coefficient (Wildman–Crippen LogP) is 3.21. The van der Waals surface area contributed by atoms with E-state index in [0.29, 0.717) is 5.75 Å². The average Bonchev–Trinajstić information content (AvgIpc) is 2.31. The number of rotatable bonds is 4. The Hall–Kier alpha value is -0.690. The highest BCUT2D eigenvalue weighted by Gasteiger charge is 2.10. The fourth-order valence-corrected chi connectivity index (χ4v) is 2.38. The Morgan fingerprint density at radius 2 is 1.83 bits per heavy atom. The Balaban J connectivity index is 3.05. The molecule has 0 atom stereocenters. The molecule has 0 aliphatic rings. The zero-order valence-corrected chi connectivity index (χ0v) is 14.5. The van der Waals surface area contributed by atoms with Gasteiger partial charge in [-0.3, -0.25) is 0 Å². The zero-order chi connectivity index (χ0) is 13.7. The number of nitriles is 1. The number of ether oxygens (including phenoxy) is 2. The molecule has 0 aliphatic carbocycles. The van der Waals surface area contributed by atoms with Crippen LogP contribution in [0.25, 0.3) is 0 Å². The number of allylic oxidation sites excluding steroid dienone is 1. The van der Waals surface area contributed by atoms with Crippen LogP contribution in [0.15, 0.2) is 24.1 Å². The SMILES string of the molecule is COc1cc(I)c(OC(C#N)=CN(C)C)cc1I. The van der Waals surface area contributed by atoms with E-state index in [0.717, 1.165) is 12.9 Å². The van der Waals surface area contributed by atoms with Gasteiger partial charge in [0, 0.05) is 14.1 Å². The van der Waals surface area contributed by atoms with Gasteiger partial charge < -0.3 is 14.4 Å². The van der Waals surface area contributed by atoms with Crippen molar-refractivity contribution >= 4 is 45.2 Å². The Morgan fingerprint density at radius 3 is 2.33 bits per heavy atom. The van der Waals surface area contributed by atoms with E-state index in [4.69, 9.17) is 14.7 Å². The Bertz CT molecular complexity index is 508. The molecule has 0 amide bonds. The summed E-state index contributed by atoms with van der Waals surface area (Å²) in [6.07, 6.45) is 1.63. The number of hydrogen-bond donors (Lipinski definition) is 0. The molecule has 1 rings (SSSR count). The van der Waals surface area contributed by atoms with Gasteiger partial charge in [-0.05, 0) is 57.3 Å². The third-order valence-electron chi connectivity index (χ3n) is 1.91. The molecule has 1 aromatic rings. The first-order chi connectivity index (χ1) is 8.47. The zero-order valence-electron chi connectivity index (χ0n) is 10.2. The van der Waals surface area contributed by atoms with Crippen LogP contribution in [0.5, 0.6) is 11.5 Å². The van der Waals surface area contributed by atoms with Crippen molar-refractivity contribution in [2.24, 2.45) is 0 Å². The summed E-state index contributed by atoms with van der Waals surface area (Å²) in [7, 11) is 5.30. The highest BCUT2D eigenvalue weighted by Crippen LogP contribution is 2.31.